The van der Waals surface area contributed by atoms with Gasteiger partial charge in [0.25, 0.3) is 0 Å². The minimum absolute atomic E-state index is 0.582. The number of rotatable bonds is 5. The third-order valence-electron chi connectivity index (χ3n) is 3.95. The van der Waals surface area contributed by atoms with Crippen molar-refractivity contribution in [1.29, 1.82) is 0 Å². The molecule has 2 heterocycles. The molecule has 0 radical (unpaired) electrons. The summed E-state index contributed by atoms with van der Waals surface area (Å²) in [6, 6.07) is 18.2. The molecule has 4 heteroatoms. The summed E-state index contributed by atoms with van der Waals surface area (Å²) in [7, 11) is 0. The van der Waals surface area contributed by atoms with Crippen LogP contribution < -0.4 is 4.74 Å². The van der Waals surface area contributed by atoms with Gasteiger partial charge in [0, 0.05) is 12.0 Å². The molecular formula is C20H17NO2S. The van der Waals surface area contributed by atoms with Crippen molar-refractivity contribution in [2.45, 2.75) is 13.3 Å². The largest absolute Gasteiger partial charge is 0.492 e. The molecule has 120 valence electrons. The first-order valence-corrected chi connectivity index (χ1v) is 8.80. The van der Waals surface area contributed by atoms with Crippen molar-refractivity contribution in [3.63, 3.8) is 0 Å². The first-order chi connectivity index (χ1) is 11.8. The number of benzene rings is 2. The third-order valence-corrected chi connectivity index (χ3v) is 4.90. The maximum Gasteiger partial charge on any atom is 0.226 e. The molecule has 0 saturated carbocycles. The molecule has 2 aromatic heterocycles. The molecule has 0 amide bonds. The van der Waals surface area contributed by atoms with Gasteiger partial charge in [0.2, 0.25) is 5.89 Å². The van der Waals surface area contributed by atoms with Crippen LogP contribution in [0.3, 0.4) is 0 Å². The molecule has 0 N–H and O–H groups in total. The molecule has 0 unspecified atom stereocenters. The van der Waals surface area contributed by atoms with E-state index in [0.29, 0.717) is 12.5 Å². The van der Waals surface area contributed by atoms with E-state index in [9.17, 15) is 0 Å². The fourth-order valence-corrected chi connectivity index (χ4v) is 3.57. The van der Waals surface area contributed by atoms with Gasteiger partial charge in [-0.05, 0) is 42.0 Å². The summed E-state index contributed by atoms with van der Waals surface area (Å²) >= 11 is 1.71. The molecule has 0 aliphatic heterocycles. The van der Waals surface area contributed by atoms with Gasteiger partial charge in [0.15, 0.2) is 0 Å². The zero-order valence-electron chi connectivity index (χ0n) is 13.4. The van der Waals surface area contributed by atoms with Crippen LogP contribution in [0, 0.1) is 6.92 Å². The van der Waals surface area contributed by atoms with Crippen LogP contribution >= 0.6 is 11.3 Å². The van der Waals surface area contributed by atoms with Gasteiger partial charge in [-0.25, -0.2) is 4.98 Å². The monoisotopic (exact) mass is 335 g/mol. The molecule has 4 aromatic rings. The van der Waals surface area contributed by atoms with Crippen molar-refractivity contribution in [1.82, 2.24) is 4.98 Å². The summed E-state index contributed by atoms with van der Waals surface area (Å²) in [4.78, 5) is 4.62. The zero-order valence-corrected chi connectivity index (χ0v) is 14.2. The van der Waals surface area contributed by atoms with Crippen LogP contribution in [-0.4, -0.2) is 11.6 Å². The van der Waals surface area contributed by atoms with Gasteiger partial charge >= 0.3 is 0 Å². The van der Waals surface area contributed by atoms with E-state index in [0.717, 1.165) is 29.2 Å². The van der Waals surface area contributed by atoms with Crippen LogP contribution in [0.4, 0.5) is 0 Å². The molecule has 0 aliphatic rings. The smallest absolute Gasteiger partial charge is 0.226 e. The highest BCUT2D eigenvalue weighted by Crippen LogP contribution is 2.30. The summed E-state index contributed by atoms with van der Waals surface area (Å²) in [5.41, 5.74) is 1.95. The van der Waals surface area contributed by atoms with Crippen LogP contribution in [0.2, 0.25) is 0 Å². The molecule has 3 nitrogen and oxygen atoms in total. The zero-order chi connectivity index (χ0) is 16.4. The molecule has 24 heavy (non-hydrogen) atoms. The SMILES string of the molecule is Cc1oc(-c2ccccc2)nc1CCOc1cccc2ccsc12. The standard InChI is InChI=1S/C20H17NO2S/c1-14-17(21-20(23-14)16-6-3-2-4-7-16)10-12-22-18-9-5-8-15-11-13-24-19(15)18/h2-9,11,13H,10,12H2,1H3. The molecule has 0 saturated heterocycles. The van der Waals surface area contributed by atoms with Gasteiger partial charge < -0.3 is 9.15 Å². The summed E-state index contributed by atoms with van der Waals surface area (Å²) in [5.74, 6) is 2.46. The fourth-order valence-electron chi connectivity index (χ4n) is 2.70. The average Bonchev–Trinajstić information content (AvgIpc) is 3.23. The number of nitrogens with zero attached hydrogens (tertiary/aromatic N) is 1. The number of ether oxygens (including phenoxy) is 1. The van der Waals surface area contributed by atoms with E-state index in [2.05, 4.69) is 22.5 Å². The first-order valence-electron chi connectivity index (χ1n) is 7.92. The average molecular weight is 335 g/mol. The Bertz CT molecular complexity index is 956. The van der Waals surface area contributed by atoms with E-state index in [1.807, 2.05) is 49.4 Å². The highest BCUT2D eigenvalue weighted by Gasteiger charge is 2.11. The lowest BCUT2D eigenvalue weighted by molar-refractivity contribution is 0.324. The predicted molar refractivity (Wildman–Crippen MR) is 97.7 cm³/mol. The van der Waals surface area contributed by atoms with Gasteiger partial charge in [-0.1, -0.05) is 30.3 Å². The predicted octanol–water partition coefficient (Wildman–Crippen LogP) is 5.49. The fraction of sp³-hybridized carbons (Fsp3) is 0.150. The lowest BCUT2D eigenvalue weighted by Gasteiger charge is -2.06. The molecule has 0 atom stereocenters. The van der Waals surface area contributed by atoms with Crippen LogP contribution in [0.5, 0.6) is 5.75 Å². The Hall–Kier alpha value is -2.59. The topological polar surface area (TPSA) is 35.3 Å². The van der Waals surface area contributed by atoms with E-state index in [1.54, 1.807) is 11.3 Å². The Morgan fingerprint density at radius 2 is 1.92 bits per heavy atom. The number of aryl methyl sites for hydroxylation is 1. The maximum atomic E-state index is 5.98. The number of oxazole rings is 1. The molecule has 0 aliphatic carbocycles. The normalized spacial score (nSPS) is 11.0. The van der Waals surface area contributed by atoms with E-state index < -0.39 is 0 Å². The van der Waals surface area contributed by atoms with Crippen LogP contribution in [0.1, 0.15) is 11.5 Å². The number of hydrogen-bond acceptors (Lipinski definition) is 4. The highest BCUT2D eigenvalue weighted by atomic mass is 32.1. The molecule has 0 fully saturated rings. The number of fused-ring (bicyclic) bond motifs is 1. The van der Waals surface area contributed by atoms with Gasteiger partial charge in [-0.3, -0.25) is 0 Å². The Morgan fingerprint density at radius 3 is 2.79 bits per heavy atom. The molecule has 0 bridgehead atoms. The second-order valence-electron chi connectivity index (χ2n) is 5.58. The van der Waals surface area contributed by atoms with Crippen LogP contribution in [-0.2, 0) is 6.42 Å². The maximum absolute atomic E-state index is 5.98. The van der Waals surface area contributed by atoms with Crippen LogP contribution in [0.15, 0.2) is 64.4 Å². The lowest BCUT2D eigenvalue weighted by atomic mass is 10.2. The van der Waals surface area contributed by atoms with Gasteiger partial charge in [-0.2, -0.15) is 0 Å². The second-order valence-corrected chi connectivity index (χ2v) is 6.50. The number of hydrogen-bond donors (Lipinski definition) is 0. The Kier molecular flexibility index (Phi) is 4.05. The first kappa shape index (κ1) is 15.0. The van der Waals surface area contributed by atoms with Crippen molar-refractivity contribution in [3.8, 4) is 17.2 Å². The van der Waals surface area contributed by atoms with E-state index in [-0.39, 0.29) is 0 Å². The molecule has 4 rings (SSSR count). The highest BCUT2D eigenvalue weighted by molar-refractivity contribution is 7.17. The van der Waals surface area contributed by atoms with Crippen molar-refractivity contribution >= 4 is 21.4 Å². The van der Waals surface area contributed by atoms with Gasteiger partial charge in [-0.15, -0.1) is 11.3 Å². The van der Waals surface area contributed by atoms with E-state index >= 15 is 0 Å². The Morgan fingerprint density at radius 1 is 1.04 bits per heavy atom. The molecule has 2 aromatic carbocycles. The number of aromatic nitrogens is 1. The van der Waals surface area contributed by atoms with Crippen LogP contribution in [0.25, 0.3) is 21.5 Å². The summed E-state index contributed by atoms with van der Waals surface area (Å²) in [6.07, 6.45) is 0.726. The minimum Gasteiger partial charge on any atom is -0.492 e. The Balaban J connectivity index is 1.47. The molecule has 0 spiro atoms. The van der Waals surface area contributed by atoms with Crippen molar-refractivity contribution in [2.24, 2.45) is 0 Å². The van der Waals surface area contributed by atoms with E-state index in [1.165, 1.54) is 10.1 Å². The number of thiophene rings is 1. The lowest BCUT2D eigenvalue weighted by Crippen LogP contribution is -2.02. The van der Waals surface area contributed by atoms with Crippen molar-refractivity contribution in [2.75, 3.05) is 6.61 Å². The van der Waals surface area contributed by atoms with Gasteiger partial charge in [0.1, 0.15) is 11.5 Å². The van der Waals surface area contributed by atoms with Gasteiger partial charge in [0.05, 0.1) is 17.0 Å². The third kappa shape index (κ3) is 2.93. The second kappa shape index (κ2) is 6.49. The summed E-state index contributed by atoms with van der Waals surface area (Å²) in [5, 5.41) is 3.31. The summed E-state index contributed by atoms with van der Waals surface area (Å²) < 4.78 is 13.0. The van der Waals surface area contributed by atoms with E-state index in [4.69, 9.17) is 9.15 Å². The molecular weight excluding hydrogens is 318 g/mol. The summed E-state index contributed by atoms with van der Waals surface area (Å²) in [6.45, 7) is 2.54. The quantitative estimate of drug-likeness (QED) is 0.484. The van der Waals surface area contributed by atoms with Crippen molar-refractivity contribution < 1.29 is 9.15 Å². The minimum atomic E-state index is 0.582. The van der Waals surface area contributed by atoms with Crippen molar-refractivity contribution in [3.05, 3.63) is 71.4 Å². The Labute approximate surface area is 144 Å².